The number of benzene rings is 2. The lowest BCUT2D eigenvalue weighted by Crippen LogP contribution is -2.54. The molecule has 0 saturated carbocycles. The summed E-state index contributed by atoms with van der Waals surface area (Å²) in [4.78, 5) is 26.9. The standard InChI is InChI=1S/C24H26O4/c1-14(2)27-22(25)24(23(26)28-15(3)4)13-20-16-9-5-7-11-18(16)21(24)19-12-8-6-10-17(19)20/h5-12,14-15,20-21H,13H2,1-4H3. The number of hydrogen-bond acceptors (Lipinski definition) is 4. The minimum absolute atomic E-state index is 0.0307. The molecule has 0 heterocycles. The van der Waals surface area contributed by atoms with Gasteiger partial charge in [0.15, 0.2) is 5.41 Å². The second-order valence-electron chi connectivity index (χ2n) is 8.33. The molecule has 0 aromatic heterocycles. The van der Waals surface area contributed by atoms with Gasteiger partial charge in [0, 0.05) is 11.8 Å². The molecule has 0 aliphatic heterocycles. The van der Waals surface area contributed by atoms with Gasteiger partial charge >= 0.3 is 11.9 Å². The molecular formula is C24H26O4. The molecule has 3 aliphatic rings. The van der Waals surface area contributed by atoms with Gasteiger partial charge in [-0.05, 0) is 56.4 Å². The topological polar surface area (TPSA) is 52.6 Å². The third kappa shape index (κ3) is 2.66. The largest absolute Gasteiger partial charge is 0.462 e. The minimum Gasteiger partial charge on any atom is -0.462 e. The fraction of sp³-hybridized carbons (Fsp3) is 0.417. The van der Waals surface area contributed by atoms with Gasteiger partial charge in [-0.2, -0.15) is 0 Å². The SMILES string of the molecule is CC(C)OC(=O)C1(C(=O)OC(C)C)CC2c3ccccc3C1c1ccccc12. The summed E-state index contributed by atoms with van der Waals surface area (Å²) < 4.78 is 11.3. The maximum Gasteiger partial charge on any atom is 0.324 e. The van der Waals surface area contributed by atoms with Crippen LogP contribution >= 0.6 is 0 Å². The average molecular weight is 378 g/mol. The lowest BCUT2D eigenvalue weighted by atomic mass is 9.52. The molecule has 4 heteroatoms. The summed E-state index contributed by atoms with van der Waals surface area (Å²) in [5.74, 6) is -1.39. The van der Waals surface area contributed by atoms with E-state index in [1.165, 1.54) is 11.1 Å². The highest BCUT2D eigenvalue weighted by molar-refractivity contribution is 6.03. The van der Waals surface area contributed by atoms with Crippen molar-refractivity contribution in [1.82, 2.24) is 0 Å². The summed E-state index contributed by atoms with van der Waals surface area (Å²) >= 11 is 0. The zero-order chi connectivity index (χ0) is 20.1. The highest BCUT2D eigenvalue weighted by Crippen LogP contribution is 2.62. The summed E-state index contributed by atoms with van der Waals surface area (Å²) in [6.45, 7) is 7.23. The van der Waals surface area contributed by atoms with Gasteiger partial charge in [0.1, 0.15) is 0 Å². The monoisotopic (exact) mass is 378 g/mol. The van der Waals surface area contributed by atoms with E-state index < -0.39 is 23.3 Å². The van der Waals surface area contributed by atoms with E-state index in [0.29, 0.717) is 6.42 Å². The van der Waals surface area contributed by atoms with E-state index in [4.69, 9.17) is 9.47 Å². The number of hydrogen-bond donors (Lipinski definition) is 0. The molecule has 0 amide bonds. The average Bonchev–Trinajstić information content (AvgIpc) is 2.66. The molecule has 4 nitrogen and oxygen atoms in total. The van der Waals surface area contributed by atoms with Crippen LogP contribution in [0.4, 0.5) is 0 Å². The predicted molar refractivity (Wildman–Crippen MR) is 106 cm³/mol. The Bertz CT molecular complexity index is 858. The van der Waals surface area contributed by atoms with Crippen LogP contribution in [-0.2, 0) is 19.1 Å². The number of fused-ring (bicyclic) bond motifs is 1. The third-order valence-electron chi connectivity index (χ3n) is 5.80. The van der Waals surface area contributed by atoms with E-state index in [0.717, 1.165) is 11.1 Å². The summed E-state index contributed by atoms with van der Waals surface area (Å²) in [6, 6.07) is 16.2. The van der Waals surface area contributed by atoms with Crippen molar-refractivity contribution in [2.45, 2.75) is 58.2 Å². The molecule has 0 saturated heterocycles. The van der Waals surface area contributed by atoms with E-state index >= 15 is 0 Å². The second-order valence-corrected chi connectivity index (χ2v) is 8.33. The van der Waals surface area contributed by atoms with Crippen LogP contribution in [0.15, 0.2) is 48.5 Å². The first-order valence-corrected chi connectivity index (χ1v) is 9.96. The van der Waals surface area contributed by atoms with Crippen molar-refractivity contribution in [3.8, 4) is 0 Å². The van der Waals surface area contributed by atoms with E-state index in [2.05, 4.69) is 12.1 Å². The minimum atomic E-state index is -1.36. The first-order valence-electron chi connectivity index (χ1n) is 9.96. The highest BCUT2D eigenvalue weighted by Gasteiger charge is 2.63. The van der Waals surface area contributed by atoms with E-state index in [-0.39, 0.29) is 18.1 Å². The van der Waals surface area contributed by atoms with Gasteiger partial charge < -0.3 is 9.47 Å². The smallest absolute Gasteiger partial charge is 0.324 e. The molecule has 0 fully saturated rings. The van der Waals surface area contributed by atoms with Crippen molar-refractivity contribution in [2.24, 2.45) is 5.41 Å². The Morgan fingerprint density at radius 3 is 1.57 bits per heavy atom. The predicted octanol–water partition coefficient (Wildman–Crippen LogP) is 4.56. The van der Waals surface area contributed by atoms with Crippen LogP contribution in [0.25, 0.3) is 0 Å². The fourth-order valence-corrected chi connectivity index (χ4v) is 4.83. The first kappa shape index (κ1) is 18.7. The molecule has 0 atom stereocenters. The Morgan fingerprint density at radius 1 is 0.786 bits per heavy atom. The molecule has 2 aromatic carbocycles. The highest BCUT2D eigenvalue weighted by atomic mass is 16.6. The van der Waals surface area contributed by atoms with Crippen molar-refractivity contribution in [2.75, 3.05) is 0 Å². The van der Waals surface area contributed by atoms with E-state index in [1.54, 1.807) is 0 Å². The number of ether oxygens (including phenoxy) is 2. The van der Waals surface area contributed by atoms with Crippen LogP contribution in [0.5, 0.6) is 0 Å². The summed E-state index contributed by atoms with van der Waals surface area (Å²) in [5.41, 5.74) is 3.08. The summed E-state index contributed by atoms with van der Waals surface area (Å²) in [6.07, 6.45) is -0.229. The molecule has 0 radical (unpaired) electrons. The van der Waals surface area contributed by atoms with Crippen molar-refractivity contribution in [1.29, 1.82) is 0 Å². The van der Waals surface area contributed by atoms with Gasteiger partial charge in [0.05, 0.1) is 12.2 Å². The van der Waals surface area contributed by atoms with Gasteiger partial charge in [-0.3, -0.25) is 9.59 Å². The second kappa shape index (κ2) is 6.77. The van der Waals surface area contributed by atoms with Gasteiger partial charge in [-0.25, -0.2) is 0 Å². The number of carbonyl (C=O) groups excluding carboxylic acids is 2. The van der Waals surface area contributed by atoms with Crippen LogP contribution in [-0.4, -0.2) is 24.1 Å². The lowest BCUT2D eigenvalue weighted by molar-refractivity contribution is -0.180. The molecule has 5 rings (SSSR count). The maximum absolute atomic E-state index is 13.4. The number of esters is 2. The number of carbonyl (C=O) groups is 2. The Morgan fingerprint density at radius 2 is 1.18 bits per heavy atom. The van der Waals surface area contributed by atoms with Gasteiger partial charge in [0.25, 0.3) is 0 Å². The molecule has 3 aliphatic carbocycles. The summed E-state index contributed by atoms with van der Waals surface area (Å²) in [5, 5.41) is 0. The molecule has 0 unspecified atom stereocenters. The molecule has 28 heavy (non-hydrogen) atoms. The summed E-state index contributed by atoms with van der Waals surface area (Å²) in [7, 11) is 0. The van der Waals surface area contributed by atoms with Crippen LogP contribution in [0, 0.1) is 5.41 Å². The third-order valence-corrected chi connectivity index (χ3v) is 5.80. The van der Waals surface area contributed by atoms with Crippen molar-refractivity contribution >= 4 is 11.9 Å². The molecule has 2 bridgehead atoms. The van der Waals surface area contributed by atoms with Gasteiger partial charge in [-0.1, -0.05) is 48.5 Å². The van der Waals surface area contributed by atoms with Crippen molar-refractivity contribution < 1.29 is 19.1 Å². The van der Waals surface area contributed by atoms with Crippen molar-refractivity contribution in [3.63, 3.8) is 0 Å². The molecule has 146 valence electrons. The molecular weight excluding hydrogens is 352 g/mol. The lowest BCUT2D eigenvalue weighted by Gasteiger charge is -2.50. The van der Waals surface area contributed by atoms with E-state index in [1.807, 2.05) is 64.1 Å². The Kier molecular flexibility index (Phi) is 4.53. The first-order chi connectivity index (χ1) is 13.4. The number of rotatable bonds is 4. The van der Waals surface area contributed by atoms with Gasteiger partial charge in [-0.15, -0.1) is 0 Å². The van der Waals surface area contributed by atoms with Crippen LogP contribution in [0.1, 0.15) is 68.2 Å². The Balaban J connectivity index is 1.95. The zero-order valence-corrected chi connectivity index (χ0v) is 16.8. The van der Waals surface area contributed by atoms with Crippen LogP contribution in [0.3, 0.4) is 0 Å². The van der Waals surface area contributed by atoms with E-state index in [9.17, 15) is 9.59 Å². The Hall–Kier alpha value is -2.62. The fourth-order valence-electron chi connectivity index (χ4n) is 4.83. The van der Waals surface area contributed by atoms with Crippen LogP contribution < -0.4 is 0 Å². The molecule has 2 aromatic rings. The normalized spacial score (nSPS) is 21.2. The molecule has 0 spiro atoms. The maximum atomic E-state index is 13.4. The Labute approximate surface area is 165 Å². The van der Waals surface area contributed by atoms with Gasteiger partial charge in [0.2, 0.25) is 0 Å². The van der Waals surface area contributed by atoms with Crippen molar-refractivity contribution in [3.05, 3.63) is 70.8 Å². The molecule has 0 N–H and O–H groups in total. The van der Waals surface area contributed by atoms with Crippen LogP contribution in [0.2, 0.25) is 0 Å². The quantitative estimate of drug-likeness (QED) is 0.578. The zero-order valence-electron chi connectivity index (χ0n) is 16.8.